The van der Waals surface area contributed by atoms with Gasteiger partial charge in [0.1, 0.15) is 6.04 Å². The predicted octanol–water partition coefficient (Wildman–Crippen LogP) is 2.61. The van der Waals surface area contributed by atoms with Crippen LogP contribution in [0.3, 0.4) is 0 Å². The van der Waals surface area contributed by atoms with E-state index in [-0.39, 0.29) is 12.1 Å². The van der Waals surface area contributed by atoms with Crippen molar-refractivity contribution in [1.29, 1.82) is 0 Å². The van der Waals surface area contributed by atoms with Crippen LogP contribution in [0.25, 0.3) is 0 Å². The first-order chi connectivity index (χ1) is 10.5. The Balaban J connectivity index is 1.85. The normalized spacial score (nSPS) is 23.7. The molecule has 1 aliphatic heterocycles. The minimum atomic E-state index is -3.52. The molecule has 112 valence electrons. The van der Waals surface area contributed by atoms with E-state index in [0.717, 1.165) is 11.1 Å². The third kappa shape index (κ3) is 2.66. The first kappa shape index (κ1) is 14.8. The highest BCUT2D eigenvalue weighted by Gasteiger charge is 2.54. The second-order valence-electron chi connectivity index (χ2n) is 5.52. The van der Waals surface area contributed by atoms with Crippen LogP contribution in [0.2, 0.25) is 0 Å². The summed E-state index contributed by atoms with van der Waals surface area (Å²) in [6.45, 7) is 1.93. The maximum atomic E-state index is 12.7. The van der Waals surface area contributed by atoms with Crippen molar-refractivity contribution < 1.29 is 8.42 Å². The van der Waals surface area contributed by atoms with Crippen molar-refractivity contribution in [3.8, 4) is 12.3 Å². The monoisotopic (exact) mass is 311 g/mol. The van der Waals surface area contributed by atoms with Gasteiger partial charge >= 0.3 is 0 Å². The topological polar surface area (TPSA) is 37.1 Å². The predicted molar refractivity (Wildman–Crippen MR) is 86.8 cm³/mol. The van der Waals surface area contributed by atoms with Gasteiger partial charge in [0.15, 0.2) is 0 Å². The summed E-state index contributed by atoms with van der Waals surface area (Å²) >= 11 is 0. The molecule has 4 heteroatoms. The van der Waals surface area contributed by atoms with Gasteiger partial charge in [0.2, 0.25) is 10.0 Å². The van der Waals surface area contributed by atoms with Gasteiger partial charge in [0.05, 0.1) is 10.9 Å². The highest BCUT2D eigenvalue weighted by molar-refractivity contribution is 7.89. The average molecular weight is 311 g/mol. The van der Waals surface area contributed by atoms with E-state index in [1.54, 1.807) is 24.3 Å². The molecule has 0 spiro atoms. The Morgan fingerprint density at radius 2 is 1.73 bits per heavy atom. The zero-order chi connectivity index (χ0) is 15.7. The van der Waals surface area contributed by atoms with E-state index in [1.807, 2.05) is 37.3 Å². The summed E-state index contributed by atoms with van der Waals surface area (Å²) in [4.78, 5) is 0.300. The molecule has 0 radical (unpaired) electrons. The Kier molecular flexibility index (Phi) is 3.78. The van der Waals surface area contributed by atoms with Gasteiger partial charge in [-0.3, -0.25) is 0 Å². The molecule has 22 heavy (non-hydrogen) atoms. The lowest BCUT2D eigenvalue weighted by Gasteiger charge is -2.06. The minimum absolute atomic E-state index is 0.154. The van der Waals surface area contributed by atoms with Crippen molar-refractivity contribution in [2.45, 2.75) is 30.3 Å². The summed E-state index contributed by atoms with van der Waals surface area (Å²) in [5.41, 5.74) is 2.12. The van der Waals surface area contributed by atoms with E-state index in [9.17, 15) is 8.42 Å². The smallest absolute Gasteiger partial charge is 0.207 e. The molecule has 0 aromatic heterocycles. The van der Waals surface area contributed by atoms with Crippen LogP contribution in [0.4, 0.5) is 0 Å². The zero-order valence-electron chi connectivity index (χ0n) is 12.3. The highest BCUT2D eigenvalue weighted by Crippen LogP contribution is 2.37. The summed E-state index contributed by atoms with van der Waals surface area (Å²) in [6, 6.07) is 16.2. The Morgan fingerprint density at radius 1 is 1.09 bits per heavy atom. The van der Waals surface area contributed by atoms with Crippen LogP contribution >= 0.6 is 0 Å². The van der Waals surface area contributed by atoms with Crippen LogP contribution in [0.15, 0.2) is 59.5 Å². The quantitative estimate of drug-likeness (QED) is 0.643. The molecule has 0 N–H and O–H groups in total. The van der Waals surface area contributed by atoms with Crippen LogP contribution < -0.4 is 0 Å². The largest absolute Gasteiger partial charge is 0.244 e. The summed E-state index contributed by atoms with van der Waals surface area (Å²) < 4.78 is 26.8. The SMILES string of the molecule is C#C[C@H]1[C@@H](Cc2ccccc2)N1S(=O)(=O)c1ccc(C)cc1. The van der Waals surface area contributed by atoms with Crippen LogP contribution in [0.5, 0.6) is 0 Å². The van der Waals surface area contributed by atoms with Gasteiger partial charge in [-0.05, 0) is 31.0 Å². The molecule has 3 rings (SSSR count). The maximum absolute atomic E-state index is 12.7. The molecule has 1 unspecified atom stereocenters. The Morgan fingerprint density at radius 3 is 2.32 bits per heavy atom. The fraction of sp³-hybridized carbons (Fsp3) is 0.222. The number of nitrogens with zero attached hydrogens (tertiary/aromatic N) is 1. The molecular formula is C18H17NO2S. The maximum Gasteiger partial charge on any atom is 0.244 e. The Labute approximate surface area is 131 Å². The molecule has 0 aliphatic carbocycles. The van der Waals surface area contributed by atoms with Crippen LogP contribution in [-0.4, -0.2) is 24.8 Å². The van der Waals surface area contributed by atoms with Gasteiger partial charge in [-0.2, -0.15) is 4.31 Å². The third-order valence-electron chi connectivity index (χ3n) is 3.93. The van der Waals surface area contributed by atoms with E-state index in [2.05, 4.69) is 5.92 Å². The molecule has 1 aliphatic rings. The number of rotatable bonds is 4. The van der Waals surface area contributed by atoms with Crippen molar-refractivity contribution in [1.82, 2.24) is 4.31 Å². The zero-order valence-corrected chi connectivity index (χ0v) is 13.1. The van der Waals surface area contributed by atoms with Crippen LogP contribution in [-0.2, 0) is 16.4 Å². The number of sulfonamides is 1. The molecule has 2 aromatic rings. The summed E-state index contributed by atoms with van der Waals surface area (Å²) in [5, 5.41) is 0. The van der Waals surface area contributed by atoms with E-state index >= 15 is 0 Å². The molecule has 3 nitrogen and oxygen atoms in total. The first-order valence-electron chi connectivity index (χ1n) is 7.14. The summed E-state index contributed by atoms with van der Waals surface area (Å²) in [5.74, 6) is 2.59. The second-order valence-corrected chi connectivity index (χ2v) is 7.36. The van der Waals surface area contributed by atoms with Crippen molar-refractivity contribution >= 4 is 10.0 Å². The number of terminal acetylenes is 1. The Bertz CT molecular complexity index is 804. The van der Waals surface area contributed by atoms with Gasteiger partial charge in [0, 0.05) is 0 Å². The number of hydrogen-bond donors (Lipinski definition) is 0. The van der Waals surface area contributed by atoms with Crippen molar-refractivity contribution in [3.05, 3.63) is 65.7 Å². The van der Waals surface area contributed by atoms with E-state index in [0.29, 0.717) is 11.3 Å². The molecule has 0 saturated carbocycles. The molecule has 1 saturated heterocycles. The number of hydrogen-bond acceptors (Lipinski definition) is 2. The van der Waals surface area contributed by atoms with Gasteiger partial charge in [-0.25, -0.2) is 8.42 Å². The number of aryl methyl sites for hydroxylation is 1. The van der Waals surface area contributed by atoms with E-state index in [4.69, 9.17) is 6.42 Å². The first-order valence-corrected chi connectivity index (χ1v) is 8.58. The van der Waals surface area contributed by atoms with Gasteiger partial charge in [-0.1, -0.05) is 53.9 Å². The van der Waals surface area contributed by atoms with E-state index < -0.39 is 10.0 Å². The van der Waals surface area contributed by atoms with Crippen molar-refractivity contribution in [2.75, 3.05) is 0 Å². The summed E-state index contributed by atoms with van der Waals surface area (Å²) in [6.07, 6.45) is 6.15. The minimum Gasteiger partial charge on any atom is -0.207 e. The molecule has 1 heterocycles. The molecule has 0 bridgehead atoms. The van der Waals surface area contributed by atoms with Gasteiger partial charge < -0.3 is 0 Å². The highest BCUT2D eigenvalue weighted by atomic mass is 32.2. The van der Waals surface area contributed by atoms with Crippen molar-refractivity contribution in [3.63, 3.8) is 0 Å². The summed E-state index contributed by atoms with van der Waals surface area (Å²) in [7, 11) is -3.52. The van der Waals surface area contributed by atoms with Crippen molar-refractivity contribution in [2.24, 2.45) is 0 Å². The van der Waals surface area contributed by atoms with Gasteiger partial charge in [-0.15, -0.1) is 6.42 Å². The standard InChI is InChI=1S/C18H17NO2S/c1-3-17-18(13-15-7-5-4-6-8-15)19(17)22(20,21)16-11-9-14(2)10-12-16/h1,4-12,17-18H,13H2,2H3/t17-,18+,19?/m0/s1. The number of benzene rings is 2. The lowest BCUT2D eigenvalue weighted by Crippen LogP contribution is -2.16. The lowest BCUT2D eigenvalue weighted by atomic mass is 10.1. The molecule has 1 fully saturated rings. The lowest BCUT2D eigenvalue weighted by molar-refractivity contribution is 0.549. The fourth-order valence-electron chi connectivity index (χ4n) is 2.66. The average Bonchev–Trinajstić information content (AvgIpc) is 3.22. The van der Waals surface area contributed by atoms with Gasteiger partial charge in [0.25, 0.3) is 0 Å². The fourth-order valence-corrected chi connectivity index (χ4v) is 4.37. The second kappa shape index (κ2) is 5.60. The molecule has 3 atom stereocenters. The molecular weight excluding hydrogens is 294 g/mol. The van der Waals surface area contributed by atoms with Crippen LogP contribution in [0, 0.1) is 19.3 Å². The molecule has 0 amide bonds. The van der Waals surface area contributed by atoms with Crippen LogP contribution in [0.1, 0.15) is 11.1 Å². The third-order valence-corrected chi connectivity index (χ3v) is 5.85. The van der Waals surface area contributed by atoms with E-state index in [1.165, 1.54) is 4.31 Å². The Hall–Kier alpha value is -2.09. The molecule has 2 aromatic carbocycles.